The van der Waals surface area contributed by atoms with Crippen molar-refractivity contribution in [3.63, 3.8) is 0 Å². The first kappa shape index (κ1) is 23.8. The number of rotatable bonds is 17. The molecule has 0 aliphatic rings. The van der Waals surface area contributed by atoms with Crippen LogP contribution < -0.4 is 0 Å². The highest BCUT2D eigenvalue weighted by molar-refractivity contribution is 7.85. The van der Waals surface area contributed by atoms with E-state index >= 15 is 0 Å². The van der Waals surface area contributed by atoms with Crippen molar-refractivity contribution in [2.75, 3.05) is 58.9 Å². The van der Waals surface area contributed by atoms with Gasteiger partial charge in [-0.05, 0) is 19.8 Å². The van der Waals surface area contributed by atoms with Gasteiger partial charge in [-0.2, -0.15) is 8.42 Å². The van der Waals surface area contributed by atoms with E-state index < -0.39 is 10.1 Å². The van der Waals surface area contributed by atoms with Crippen LogP contribution in [0, 0.1) is 0 Å². The van der Waals surface area contributed by atoms with E-state index in [-0.39, 0.29) is 5.75 Å². The molecule has 0 aliphatic carbocycles. The maximum Gasteiger partial charge on any atom is 0.265 e. The second kappa shape index (κ2) is 14.0. The van der Waals surface area contributed by atoms with Crippen molar-refractivity contribution in [3.8, 4) is 0 Å². The molecular weight excluding hydrogens is 330 g/mol. The van der Waals surface area contributed by atoms with E-state index in [1.54, 1.807) is 0 Å². The van der Waals surface area contributed by atoms with Gasteiger partial charge >= 0.3 is 0 Å². The summed E-state index contributed by atoms with van der Waals surface area (Å²) in [5, 5.41) is 0. The third kappa shape index (κ3) is 15.3. The predicted molar refractivity (Wildman–Crippen MR) is 97.9 cm³/mol. The van der Waals surface area contributed by atoms with Gasteiger partial charge in [0.2, 0.25) is 0 Å². The first-order chi connectivity index (χ1) is 11.3. The number of hydrogen-bond acceptors (Lipinski definition) is 4. The second-order valence-electron chi connectivity index (χ2n) is 6.65. The molecule has 0 aromatic carbocycles. The van der Waals surface area contributed by atoms with Crippen LogP contribution in [0.4, 0.5) is 0 Å². The zero-order chi connectivity index (χ0) is 18.3. The Balaban J connectivity index is 4.19. The SMILES string of the molecule is CCCCCCC[N+](C)(CCCS(=O)(=O)O)CCOCCOCC. The van der Waals surface area contributed by atoms with Crippen molar-refractivity contribution < 1.29 is 26.9 Å². The highest BCUT2D eigenvalue weighted by Gasteiger charge is 2.21. The summed E-state index contributed by atoms with van der Waals surface area (Å²) in [6.45, 7) is 9.32. The number of unbranched alkanes of at least 4 members (excludes halogenated alkanes) is 4. The molecule has 1 atom stereocenters. The quantitative estimate of drug-likeness (QED) is 0.243. The minimum Gasteiger partial charge on any atom is -0.379 e. The monoisotopic (exact) mass is 368 g/mol. The van der Waals surface area contributed by atoms with Gasteiger partial charge in [0.1, 0.15) is 6.54 Å². The van der Waals surface area contributed by atoms with Crippen molar-refractivity contribution in [1.29, 1.82) is 0 Å². The highest BCUT2D eigenvalue weighted by atomic mass is 32.2. The summed E-state index contributed by atoms with van der Waals surface area (Å²) >= 11 is 0. The first-order valence-electron chi connectivity index (χ1n) is 9.27. The first-order valence-corrected chi connectivity index (χ1v) is 10.9. The number of nitrogens with zero attached hydrogens (tertiary/aromatic N) is 1. The van der Waals surface area contributed by atoms with Crippen LogP contribution in [0.3, 0.4) is 0 Å². The molecule has 0 saturated carbocycles. The van der Waals surface area contributed by atoms with Crippen LogP contribution in [-0.2, 0) is 19.6 Å². The number of quaternary nitrogens is 1. The van der Waals surface area contributed by atoms with Crippen molar-refractivity contribution in [2.24, 2.45) is 0 Å². The molecule has 0 aliphatic heterocycles. The van der Waals surface area contributed by atoms with Gasteiger partial charge in [-0.25, -0.2) is 0 Å². The molecular formula is C17H38NO5S+. The van der Waals surface area contributed by atoms with E-state index in [1.807, 2.05) is 6.92 Å². The van der Waals surface area contributed by atoms with Crippen molar-refractivity contribution in [3.05, 3.63) is 0 Å². The van der Waals surface area contributed by atoms with E-state index in [4.69, 9.17) is 14.0 Å². The lowest BCUT2D eigenvalue weighted by Gasteiger charge is -2.34. The van der Waals surface area contributed by atoms with Gasteiger partial charge in [0.15, 0.2) is 0 Å². The zero-order valence-electron chi connectivity index (χ0n) is 15.8. The summed E-state index contributed by atoms with van der Waals surface area (Å²) in [5.41, 5.74) is 0. The molecule has 1 unspecified atom stereocenters. The molecule has 0 aromatic heterocycles. The fraction of sp³-hybridized carbons (Fsp3) is 1.00. The highest BCUT2D eigenvalue weighted by Crippen LogP contribution is 2.11. The molecule has 1 N–H and O–H groups in total. The maximum atomic E-state index is 10.9. The average Bonchev–Trinajstić information content (AvgIpc) is 2.49. The Bertz CT molecular complexity index is 388. The lowest BCUT2D eigenvalue weighted by Crippen LogP contribution is -2.48. The van der Waals surface area contributed by atoms with Gasteiger partial charge in [0.25, 0.3) is 10.1 Å². The molecule has 0 radical (unpaired) electrons. The molecule has 6 nitrogen and oxygen atoms in total. The van der Waals surface area contributed by atoms with Gasteiger partial charge < -0.3 is 14.0 Å². The molecule has 0 heterocycles. The fourth-order valence-electron chi connectivity index (χ4n) is 2.71. The normalized spacial score (nSPS) is 14.7. The molecule has 146 valence electrons. The molecule has 7 heteroatoms. The lowest BCUT2D eigenvalue weighted by atomic mass is 10.1. The van der Waals surface area contributed by atoms with E-state index in [1.165, 1.54) is 25.7 Å². The molecule has 0 rings (SSSR count). The molecule has 0 saturated heterocycles. The molecule has 0 aromatic rings. The van der Waals surface area contributed by atoms with Crippen molar-refractivity contribution in [1.82, 2.24) is 0 Å². The Morgan fingerprint density at radius 1 is 0.833 bits per heavy atom. The number of hydrogen-bond donors (Lipinski definition) is 1. The van der Waals surface area contributed by atoms with Crippen molar-refractivity contribution in [2.45, 2.75) is 52.4 Å². The summed E-state index contributed by atoms with van der Waals surface area (Å²) in [4.78, 5) is 0. The van der Waals surface area contributed by atoms with Gasteiger partial charge in [0.05, 0.1) is 45.7 Å². The minimum absolute atomic E-state index is 0.165. The summed E-state index contributed by atoms with van der Waals surface area (Å²) in [6.07, 6.45) is 6.59. The summed E-state index contributed by atoms with van der Waals surface area (Å²) in [5.74, 6) is -0.165. The van der Waals surface area contributed by atoms with E-state index in [2.05, 4.69) is 14.0 Å². The Labute approximate surface area is 148 Å². The van der Waals surface area contributed by atoms with Crippen molar-refractivity contribution >= 4 is 10.1 Å². The number of likely N-dealkylation sites (N-methyl/N-ethyl adjacent to an activating group) is 1. The van der Waals surface area contributed by atoms with Crippen LogP contribution in [0.15, 0.2) is 0 Å². The topological polar surface area (TPSA) is 72.8 Å². The Kier molecular flexibility index (Phi) is 13.9. The van der Waals surface area contributed by atoms with E-state index in [0.717, 1.165) is 30.5 Å². The van der Waals surface area contributed by atoms with Crippen LogP contribution in [-0.4, -0.2) is 76.3 Å². The maximum absolute atomic E-state index is 10.9. The third-order valence-electron chi connectivity index (χ3n) is 4.25. The molecule has 24 heavy (non-hydrogen) atoms. The molecule has 0 spiro atoms. The summed E-state index contributed by atoms with van der Waals surface area (Å²) in [7, 11) is -1.72. The van der Waals surface area contributed by atoms with Gasteiger partial charge in [-0.15, -0.1) is 0 Å². The van der Waals surface area contributed by atoms with E-state index in [0.29, 0.717) is 32.8 Å². The minimum atomic E-state index is -3.87. The number of ether oxygens (including phenoxy) is 2. The van der Waals surface area contributed by atoms with Crippen LogP contribution in [0.1, 0.15) is 52.4 Å². The lowest BCUT2D eigenvalue weighted by molar-refractivity contribution is -0.910. The largest absolute Gasteiger partial charge is 0.379 e. The Morgan fingerprint density at radius 2 is 1.46 bits per heavy atom. The smallest absolute Gasteiger partial charge is 0.265 e. The third-order valence-corrected chi connectivity index (χ3v) is 5.06. The predicted octanol–water partition coefficient (Wildman–Crippen LogP) is 2.73. The summed E-state index contributed by atoms with van der Waals surface area (Å²) in [6, 6.07) is 0. The van der Waals surface area contributed by atoms with Crippen LogP contribution in [0.2, 0.25) is 0 Å². The molecule has 0 bridgehead atoms. The van der Waals surface area contributed by atoms with Crippen LogP contribution in [0.25, 0.3) is 0 Å². The van der Waals surface area contributed by atoms with Gasteiger partial charge in [-0.3, -0.25) is 4.55 Å². The van der Waals surface area contributed by atoms with Gasteiger partial charge in [0, 0.05) is 13.0 Å². The van der Waals surface area contributed by atoms with Gasteiger partial charge in [-0.1, -0.05) is 26.2 Å². The summed E-state index contributed by atoms with van der Waals surface area (Å²) < 4.78 is 42.4. The Hall–Kier alpha value is -0.210. The zero-order valence-corrected chi connectivity index (χ0v) is 16.7. The molecule has 0 amide bonds. The average molecular weight is 369 g/mol. The van der Waals surface area contributed by atoms with Crippen LogP contribution in [0.5, 0.6) is 0 Å². The van der Waals surface area contributed by atoms with Crippen LogP contribution >= 0.6 is 0 Å². The Morgan fingerprint density at radius 3 is 2.08 bits per heavy atom. The molecule has 0 fully saturated rings. The van der Waals surface area contributed by atoms with E-state index in [9.17, 15) is 8.42 Å². The fourth-order valence-corrected chi connectivity index (χ4v) is 3.20. The standard InChI is InChI=1S/C17H37NO5S/c1-4-6-7-8-9-11-18(3,12-10-17-24(19,20)21)13-14-23-16-15-22-5-2/h4-17H2,1-3H3/p+1. The second-order valence-corrected chi connectivity index (χ2v) is 8.23.